The Morgan fingerprint density at radius 3 is 2.42 bits per heavy atom. The number of rotatable bonds is 7. The molecule has 1 aromatic heterocycles. The van der Waals surface area contributed by atoms with Gasteiger partial charge in [0, 0.05) is 20.6 Å². The normalized spacial score (nSPS) is 12.2. The van der Waals surface area contributed by atoms with Crippen LogP contribution in [-0.2, 0) is 0 Å². The van der Waals surface area contributed by atoms with Crippen molar-refractivity contribution in [2.45, 2.75) is 13.0 Å². The molecule has 2 N–H and O–H groups in total. The molecule has 0 spiro atoms. The lowest BCUT2D eigenvalue weighted by molar-refractivity contribution is 0.196. The molecule has 7 nitrogen and oxygen atoms in total. The molecule has 0 bridgehead atoms. The van der Waals surface area contributed by atoms with E-state index in [1.165, 1.54) is 12.1 Å². The highest BCUT2D eigenvalue weighted by Crippen LogP contribution is 2.18. The Balaban J connectivity index is 1.94. The number of nitrogens with two attached hydrogens (primary N) is 1. The zero-order valence-corrected chi connectivity index (χ0v) is 14.4. The molecule has 0 fully saturated rings. The van der Waals surface area contributed by atoms with Crippen LogP contribution in [0.3, 0.4) is 0 Å². The Morgan fingerprint density at radius 1 is 1.12 bits per heavy atom. The summed E-state index contributed by atoms with van der Waals surface area (Å²) in [7, 11) is 5.65. The Hall–Kier alpha value is -2.48. The van der Waals surface area contributed by atoms with Gasteiger partial charge in [-0.15, -0.1) is 0 Å². The number of aromatic nitrogens is 3. The molecule has 0 aliphatic rings. The third-order valence-corrected chi connectivity index (χ3v) is 3.62. The second-order valence-electron chi connectivity index (χ2n) is 5.71. The van der Waals surface area contributed by atoms with E-state index in [1.54, 1.807) is 17.0 Å². The van der Waals surface area contributed by atoms with Gasteiger partial charge in [0.05, 0.1) is 6.04 Å². The molecule has 8 heteroatoms. The van der Waals surface area contributed by atoms with Gasteiger partial charge in [0.15, 0.2) is 5.82 Å². The largest absolute Gasteiger partial charge is 0.492 e. The van der Waals surface area contributed by atoms with Crippen LogP contribution in [-0.4, -0.2) is 54.1 Å². The summed E-state index contributed by atoms with van der Waals surface area (Å²) in [4.78, 5) is 16.6. The number of ether oxygens (including phenoxy) is 1. The highest BCUT2D eigenvalue weighted by atomic mass is 19.1. The van der Waals surface area contributed by atoms with Crippen molar-refractivity contribution in [3.63, 3.8) is 0 Å². The molecular weight excluding hydrogens is 311 g/mol. The molecule has 0 aliphatic heterocycles. The van der Waals surface area contributed by atoms with Crippen molar-refractivity contribution in [3.8, 4) is 5.75 Å². The highest BCUT2D eigenvalue weighted by molar-refractivity contribution is 5.33. The van der Waals surface area contributed by atoms with Crippen molar-refractivity contribution in [1.82, 2.24) is 19.9 Å². The van der Waals surface area contributed by atoms with Gasteiger partial charge in [-0.25, -0.2) is 4.39 Å². The van der Waals surface area contributed by atoms with Gasteiger partial charge >= 0.3 is 0 Å². The smallest absolute Gasteiger partial charge is 0.229 e. The van der Waals surface area contributed by atoms with Gasteiger partial charge in [0.2, 0.25) is 11.9 Å². The maximum absolute atomic E-state index is 12.9. The first-order valence-electron chi connectivity index (χ1n) is 7.64. The summed E-state index contributed by atoms with van der Waals surface area (Å²) in [5.74, 6) is 1.69. The molecule has 1 aromatic carbocycles. The SMILES string of the molecule is C[C@@H](c1nc(N)nc(N(C)C)n1)N(C)CCOc1ccc(F)cc1. The lowest BCUT2D eigenvalue weighted by atomic mass is 10.3. The molecule has 0 radical (unpaired) electrons. The number of anilines is 2. The van der Waals surface area contributed by atoms with Crippen molar-refractivity contribution >= 4 is 11.9 Å². The molecule has 0 unspecified atom stereocenters. The van der Waals surface area contributed by atoms with E-state index in [0.29, 0.717) is 30.7 Å². The predicted octanol–water partition coefficient (Wildman–Crippen LogP) is 1.73. The molecule has 2 rings (SSSR count). The fourth-order valence-corrected chi connectivity index (χ4v) is 2.01. The van der Waals surface area contributed by atoms with Gasteiger partial charge < -0.3 is 15.4 Å². The molecule has 0 saturated carbocycles. The maximum Gasteiger partial charge on any atom is 0.229 e. The Morgan fingerprint density at radius 2 is 1.79 bits per heavy atom. The predicted molar refractivity (Wildman–Crippen MR) is 91.5 cm³/mol. The van der Waals surface area contributed by atoms with Gasteiger partial charge in [-0.3, -0.25) is 4.90 Å². The first-order chi connectivity index (χ1) is 11.4. The number of hydrogen-bond acceptors (Lipinski definition) is 7. The zero-order chi connectivity index (χ0) is 17.7. The number of nitrogen functional groups attached to an aromatic ring is 1. The summed E-state index contributed by atoms with van der Waals surface area (Å²) in [5.41, 5.74) is 5.76. The average molecular weight is 334 g/mol. The number of hydrogen-bond donors (Lipinski definition) is 1. The summed E-state index contributed by atoms with van der Waals surface area (Å²) in [6, 6.07) is 5.91. The standard InChI is InChI=1S/C16H23FN6O/c1-11(14-19-15(18)21-16(20-14)22(2)3)23(4)9-10-24-13-7-5-12(17)6-8-13/h5-8,11H,9-10H2,1-4H3,(H2,18,19,20,21)/t11-/m0/s1. The summed E-state index contributed by atoms with van der Waals surface area (Å²) >= 11 is 0. The summed E-state index contributed by atoms with van der Waals surface area (Å²) in [6.45, 7) is 3.11. The van der Waals surface area contributed by atoms with Crippen LogP contribution in [0.15, 0.2) is 24.3 Å². The van der Waals surface area contributed by atoms with Gasteiger partial charge in [0.25, 0.3) is 0 Å². The number of halogens is 1. The molecular formula is C16H23FN6O. The Labute approximate surface area is 141 Å². The summed E-state index contributed by atoms with van der Waals surface area (Å²) < 4.78 is 18.5. The van der Waals surface area contributed by atoms with E-state index in [1.807, 2.05) is 28.1 Å². The van der Waals surface area contributed by atoms with E-state index in [2.05, 4.69) is 19.9 Å². The fraction of sp³-hybridized carbons (Fsp3) is 0.438. The van der Waals surface area contributed by atoms with Crippen molar-refractivity contribution in [2.75, 3.05) is 44.9 Å². The third-order valence-electron chi connectivity index (χ3n) is 3.62. The summed E-state index contributed by atoms with van der Waals surface area (Å²) in [5, 5.41) is 0. The van der Waals surface area contributed by atoms with E-state index >= 15 is 0 Å². The molecule has 130 valence electrons. The van der Waals surface area contributed by atoms with Crippen LogP contribution < -0.4 is 15.4 Å². The van der Waals surface area contributed by atoms with Crippen LogP contribution in [0, 0.1) is 5.82 Å². The molecule has 2 aromatic rings. The molecule has 1 heterocycles. The van der Waals surface area contributed by atoms with Gasteiger partial charge in [-0.05, 0) is 38.2 Å². The van der Waals surface area contributed by atoms with E-state index in [-0.39, 0.29) is 17.8 Å². The molecule has 0 aliphatic carbocycles. The van der Waals surface area contributed by atoms with Crippen molar-refractivity contribution < 1.29 is 9.13 Å². The number of nitrogens with zero attached hydrogens (tertiary/aromatic N) is 5. The maximum atomic E-state index is 12.9. The van der Waals surface area contributed by atoms with Gasteiger partial charge in [-0.2, -0.15) is 15.0 Å². The highest BCUT2D eigenvalue weighted by Gasteiger charge is 2.17. The number of likely N-dealkylation sites (N-methyl/N-ethyl adjacent to an activating group) is 1. The van der Waals surface area contributed by atoms with Crippen LogP contribution in [0.2, 0.25) is 0 Å². The van der Waals surface area contributed by atoms with Crippen molar-refractivity contribution in [1.29, 1.82) is 0 Å². The van der Waals surface area contributed by atoms with E-state index in [4.69, 9.17) is 10.5 Å². The molecule has 1 atom stereocenters. The van der Waals surface area contributed by atoms with E-state index < -0.39 is 0 Å². The topological polar surface area (TPSA) is 80.4 Å². The minimum Gasteiger partial charge on any atom is -0.492 e. The van der Waals surface area contributed by atoms with E-state index in [9.17, 15) is 4.39 Å². The second-order valence-corrected chi connectivity index (χ2v) is 5.71. The quantitative estimate of drug-likeness (QED) is 0.826. The van der Waals surface area contributed by atoms with E-state index in [0.717, 1.165) is 0 Å². The van der Waals surface area contributed by atoms with Crippen LogP contribution in [0.4, 0.5) is 16.3 Å². The molecule has 0 amide bonds. The minimum atomic E-state index is -0.280. The lowest BCUT2D eigenvalue weighted by Crippen LogP contribution is -2.29. The second kappa shape index (κ2) is 7.87. The number of benzene rings is 1. The van der Waals surface area contributed by atoms with Crippen LogP contribution in [0.25, 0.3) is 0 Å². The zero-order valence-electron chi connectivity index (χ0n) is 14.4. The van der Waals surface area contributed by atoms with Gasteiger partial charge in [0.1, 0.15) is 18.2 Å². The van der Waals surface area contributed by atoms with Crippen LogP contribution in [0.5, 0.6) is 5.75 Å². The lowest BCUT2D eigenvalue weighted by Gasteiger charge is -2.24. The first kappa shape index (κ1) is 17.9. The van der Waals surface area contributed by atoms with Crippen LogP contribution in [0.1, 0.15) is 18.8 Å². The Kier molecular flexibility index (Phi) is 5.86. The molecule has 0 saturated heterocycles. The molecule has 24 heavy (non-hydrogen) atoms. The van der Waals surface area contributed by atoms with Crippen molar-refractivity contribution in [2.24, 2.45) is 0 Å². The minimum absolute atomic E-state index is 0.0502. The fourth-order valence-electron chi connectivity index (χ4n) is 2.01. The summed E-state index contributed by atoms with van der Waals surface area (Å²) in [6.07, 6.45) is 0. The van der Waals surface area contributed by atoms with Crippen molar-refractivity contribution in [3.05, 3.63) is 35.9 Å². The average Bonchev–Trinajstić information content (AvgIpc) is 2.55. The third kappa shape index (κ3) is 4.76. The van der Waals surface area contributed by atoms with Crippen LogP contribution >= 0.6 is 0 Å². The Bertz CT molecular complexity index is 664. The monoisotopic (exact) mass is 334 g/mol. The van der Waals surface area contributed by atoms with Gasteiger partial charge in [-0.1, -0.05) is 0 Å². The first-order valence-corrected chi connectivity index (χ1v) is 7.64.